The van der Waals surface area contributed by atoms with Crippen LogP contribution >= 0.6 is 11.3 Å². The van der Waals surface area contributed by atoms with E-state index in [0.29, 0.717) is 17.9 Å². The Morgan fingerprint density at radius 2 is 1.97 bits per heavy atom. The minimum Gasteiger partial charge on any atom is -0.389 e. The van der Waals surface area contributed by atoms with Crippen molar-refractivity contribution in [2.45, 2.75) is 77.2 Å². The van der Waals surface area contributed by atoms with Gasteiger partial charge in [-0.1, -0.05) is 6.92 Å². The first-order valence-corrected chi connectivity index (χ1v) is 12.9. The summed E-state index contributed by atoms with van der Waals surface area (Å²) in [7, 11) is 0. The highest BCUT2D eigenvalue weighted by molar-refractivity contribution is 7.17. The third kappa shape index (κ3) is 6.95. The van der Waals surface area contributed by atoms with Crippen LogP contribution in [0.4, 0.5) is 27.8 Å². The summed E-state index contributed by atoms with van der Waals surface area (Å²) in [6.07, 6.45) is -5.64. The summed E-state index contributed by atoms with van der Waals surface area (Å²) in [5.41, 5.74) is -2.32. The van der Waals surface area contributed by atoms with Gasteiger partial charge in [-0.05, 0) is 46.1 Å². The van der Waals surface area contributed by atoms with E-state index in [0.717, 1.165) is 25.1 Å². The molecule has 3 N–H and O–H groups in total. The van der Waals surface area contributed by atoms with Crippen molar-refractivity contribution >= 4 is 29.0 Å². The van der Waals surface area contributed by atoms with Crippen molar-refractivity contribution in [2.24, 2.45) is 0 Å². The molecular weight excluding hydrogens is 533 g/mol. The fraction of sp³-hybridized carbons (Fsp3) is 0.583. The Kier molecular flexibility index (Phi) is 8.97. The van der Waals surface area contributed by atoms with Crippen molar-refractivity contribution in [3.8, 4) is 10.4 Å². The van der Waals surface area contributed by atoms with E-state index >= 15 is 0 Å². The molecule has 2 aromatic rings. The smallest absolute Gasteiger partial charge is 0.389 e. The number of alkyl halides is 5. The first kappa shape index (κ1) is 29.7. The van der Waals surface area contributed by atoms with Crippen LogP contribution in [0, 0.1) is 0 Å². The number of nitrogens with one attached hydrogen (secondary N) is 2. The number of pyridine rings is 1. The summed E-state index contributed by atoms with van der Waals surface area (Å²) in [6, 6.07) is -1.30. The van der Waals surface area contributed by atoms with Crippen LogP contribution in [0.1, 0.15) is 79.2 Å². The highest BCUT2D eigenvalue weighted by Crippen LogP contribution is 2.39. The van der Waals surface area contributed by atoms with Crippen LogP contribution < -0.4 is 10.6 Å². The van der Waals surface area contributed by atoms with Gasteiger partial charge in [0.2, 0.25) is 0 Å². The average Bonchev–Trinajstić information content (AvgIpc) is 3.46. The van der Waals surface area contributed by atoms with E-state index in [4.69, 9.17) is 0 Å². The van der Waals surface area contributed by atoms with Gasteiger partial charge in [0, 0.05) is 36.5 Å². The van der Waals surface area contributed by atoms with Gasteiger partial charge >= 0.3 is 6.18 Å². The zero-order valence-electron chi connectivity index (χ0n) is 21.3. The highest BCUT2D eigenvalue weighted by Gasteiger charge is 2.39. The Balaban J connectivity index is 2.08. The van der Waals surface area contributed by atoms with E-state index in [9.17, 15) is 36.6 Å². The molecule has 1 saturated heterocycles. The van der Waals surface area contributed by atoms with Crippen LogP contribution in [0.3, 0.4) is 0 Å². The van der Waals surface area contributed by atoms with E-state index in [1.165, 1.54) is 25.7 Å². The summed E-state index contributed by atoms with van der Waals surface area (Å²) in [6.45, 7) is 6.38. The third-order valence-corrected chi connectivity index (χ3v) is 7.15. The molecule has 2 amide bonds. The number of likely N-dealkylation sites (tertiary alicyclic amines) is 1. The summed E-state index contributed by atoms with van der Waals surface area (Å²) >= 11 is 0.694. The van der Waals surface area contributed by atoms with Gasteiger partial charge in [-0.15, -0.1) is 11.3 Å². The standard InChI is InChI=1S/C24H30F5N5O3S/c1-5-15(24(27,28)29)32-16-9-13(19(25)26)14(10-30-16)18-17(22(36)34-8-6-7-12(34)2)33-21(38-18)20(35)31-11-23(3,4)37/h9-10,12,15,19,37H,5-8,11H2,1-4H3,(H,30,32)(H,31,35)/t12-,15?/m0/s1. The molecule has 0 spiro atoms. The topological polar surface area (TPSA) is 107 Å². The molecule has 1 aliphatic rings. The molecule has 1 fully saturated rings. The van der Waals surface area contributed by atoms with Crippen molar-refractivity contribution in [3.05, 3.63) is 28.5 Å². The minimum absolute atomic E-state index is 0.0419. The molecule has 38 heavy (non-hydrogen) atoms. The molecule has 0 aromatic carbocycles. The van der Waals surface area contributed by atoms with E-state index in [2.05, 4.69) is 20.6 Å². The maximum absolute atomic E-state index is 14.2. The molecule has 0 aliphatic carbocycles. The van der Waals surface area contributed by atoms with Gasteiger partial charge in [-0.3, -0.25) is 9.59 Å². The second kappa shape index (κ2) is 11.5. The van der Waals surface area contributed by atoms with Crippen molar-refractivity contribution in [1.82, 2.24) is 20.2 Å². The number of halogens is 5. The zero-order chi connectivity index (χ0) is 28.4. The quantitative estimate of drug-likeness (QED) is 0.370. The first-order valence-electron chi connectivity index (χ1n) is 12.1. The molecule has 2 aromatic heterocycles. The molecule has 2 atom stereocenters. The fourth-order valence-electron chi connectivity index (χ4n) is 4.00. The van der Waals surface area contributed by atoms with E-state index < -0.39 is 47.4 Å². The second-order valence-corrected chi connectivity index (χ2v) is 10.8. The number of carbonyl (C=O) groups excluding carboxylic acids is 2. The molecule has 3 heterocycles. The van der Waals surface area contributed by atoms with Crippen molar-refractivity contribution in [1.29, 1.82) is 0 Å². The number of thiazole rings is 1. The van der Waals surface area contributed by atoms with Crippen LogP contribution in [0.2, 0.25) is 0 Å². The molecule has 3 rings (SSSR count). The fourth-order valence-corrected chi connectivity index (χ4v) is 5.01. The van der Waals surface area contributed by atoms with Gasteiger partial charge in [0.05, 0.1) is 10.5 Å². The van der Waals surface area contributed by atoms with Crippen LogP contribution in [0.5, 0.6) is 0 Å². The van der Waals surface area contributed by atoms with Gasteiger partial charge in [0.1, 0.15) is 17.6 Å². The summed E-state index contributed by atoms with van der Waals surface area (Å²) in [4.78, 5) is 35.7. The number of nitrogens with zero attached hydrogens (tertiary/aromatic N) is 3. The third-order valence-electron chi connectivity index (χ3n) is 6.06. The lowest BCUT2D eigenvalue weighted by molar-refractivity contribution is -0.142. The van der Waals surface area contributed by atoms with Gasteiger partial charge in [0.25, 0.3) is 18.2 Å². The van der Waals surface area contributed by atoms with Gasteiger partial charge in [-0.25, -0.2) is 18.7 Å². The summed E-state index contributed by atoms with van der Waals surface area (Å²) in [5, 5.41) is 14.3. The second-order valence-electron chi connectivity index (χ2n) is 9.79. The highest BCUT2D eigenvalue weighted by atomic mass is 32.1. The lowest BCUT2D eigenvalue weighted by atomic mass is 10.1. The number of hydrogen-bond acceptors (Lipinski definition) is 7. The number of hydrogen-bond donors (Lipinski definition) is 3. The van der Waals surface area contributed by atoms with Gasteiger partial charge < -0.3 is 20.6 Å². The molecular formula is C24H30F5N5O3S. The number of rotatable bonds is 9. The van der Waals surface area contributed by atoms with Crippen LogP contribution in [0.25, 0.3) is 10.4 Å². The predicted octanol–water partition coefficient (Wildman–Crippen LogP) is 5.02. The molecule has 0 bridgehead atoms. The number of amides is 2. The monoisotopic (exact) mass is 563 g/mol. The summed E-state index contributed by atoms with van der Waals surface area (Å²) in [5.74, 6) is -1.66. The van der Waals surface area contributed by atoms with E-state index in [-0.39, 0.29) is 40.1 Å². The Morgan fingerprint density at radius 1 is 1.29 bits per heavy atom. The van der Waals surface area contributed by atoms with Crippen molar-refractivity contribution in [2.75, 3.05) is 18.4 Å². The SMILES string of the molecule is CCC(Nc1cc(C(F)F)c(-c2sc(C(=O)NCC(C)(C)O)nc2C(=O)N2CCC[C@@H]2C)cn1)C(F)(F)F. The number of anilines is 1. The zero-order valence-corrected chi connectivity index (χ0v) is 22.1. The minimum atomic E-state index is -4.62. The predicted molar refractivity (Wildman–Crippen MR) is 132 cm³/mol. The number of carbonyl (C=O) groups is 2. The van der Waals surface area contributed by atoms with Crippen LogP contribution in [-0.2, 0) is 0 Å². The average molecular weight is 564 g/mol. The summed E-state index contributed by atoms with van der Waals surface area (Å²) < 4.78 is 67.9. The maximum atomic E-state index is 14.2. The normalized spacial score (nSPS) is 17.1. The van der Waals surface area contributed by atoms with Crippen molar-refractivity contribution < 1.29 is 36.6 Å². The molecule has 0 radical (unpaired) electrons. The molecule has 0 saturated carbocycles. The first-order chi connectivity index (χ1) is 17.6. The Morgan fingerprint density at radius 3 is 2.50 bits per heavy atom. The lowest BCUT2D eigenvalue weighted by Crippen LogP contribution is -2.38. The maximum Gasteiger partial charge on any atom is 0.408 e. The van der Waals surface area contributed by atoms with Crippen LogP contribution in [0.15, 0.2) is 12.3 Å². The number of aromatic nitrogens is 2. The largest absolute Gasteiger partial charge is 0.408 e. The van der Waals surface area contributed by atoms with Gasteiger partial charge in [-0.2, -0.15) is 13.2 Å². The number of aliphatic hydroxyl groups is 1. The van der Waals surface area contributed by atoms with E-state index in [1.807, 2.05) is 6.92 Å². The van der Waals surface area contributed by atoms with Gasteiger partial charge in [0.15, 0.2) is 5.01 Å². The molecule has 8 nitrogen and oxygen atoms in total. The van der Waals surface area contributed by atoms with E-state index in [1.54, 1.807) is 0 Å². The Bertz CT molecular complexity index is 1170. The van der Waals surface area contributed by atoms with Crippen LogP contribution in [-0.4, -0.2) is 68.7 Å². The molecule has 1 aliphatic heterocycles. The Hall–Kier alpha value is -2.87. The molecule has 210 valence electrons. The lowest BCUT2D eigenvalue weighted by Gasteiger charge is -2.22. The Labute approximate surface area is 220 Å². The molecule has 1 unspecified atom stereocenters. The molecule has 14 heteroatoms. The van der Waals surface area contributed by atoms with Crippen molar-refractivity contribution in [3.63, 3.8) is 0 Å².